The lowest BCUT2D eigenvalue weighted by Gasteiger charge is -2.01. The van der Waals surface area contributed by atoms with Crippen LogP contribution in [0.3, 0.4) is 0 Å². The van der Waals surface area contributed by atoms with E-state index in [0.29, 0.717) is 6.54 Å². The molecular weight excluding hydrogens is 220 g/mol. The van der Waals surface area contributed by atoms with Crippen molar-refractivity contribution in [3.8, 4) is 0 Å². The molecule has 0 radical (unpaired) electrons. The van der Waals surface area contributed by atoms with Gasteiger partial charge in [-0.25, -0.2) is 0 Å². The van der Waals surface area contributed by atoms with E-state index in [1.807, 2.05) is 6.20 Å². The fourth-order valence-electron chi connectivity index (χ4n) is 2.08. The molecule has 0 aromatic heterocycles. The third kappa shape index (κ3) is 15.5. The van der Waals surface area contributed by atoms with Gasteiger partial charge in [0.2, 0.25) is 0 Å². The maximum Gasteiger partial charge on any atom is 0.0264 e. The molecule has 0 bridgehead atoms. The van der Waals surface area contributed by atoms with Crippen molar-refractivity contribution in [2.45, 2.75) is 77.6 Å². The molecule has 0 spiro atoms. The Balaban J connectivity index is 2.96. The van der Waals surface area contributed by atoms with Crippen molar-refractivity contribution in [1.82, 2.24) is 5.32 Å². The fourth-order valence-corrected chi connectivity index (χ4v) is 2.08. The molecule has 0 amide bonds. The minimum atomic E-state index is 0.711. The summed E-state index contributed by atoms with van der Waals surface area (Å²) in [6.07, 6.45) is 19.6. The first-order valence-corrected chi connectivity index (χ1v) is 8.00. The lowest BCUT2D eigenvalue weighted by atomic mass is 10.1. The van der Waals surface area contributed by atoms with Crippen LogP contribution in [0.2, 0.25) is 0 Å². The normalized spacial score (nSPS) is 11.2. The molecule has 0 saturated heterocycles. The summed E-state index contributed by atoms with van der Waals surface area (Å²) in [4.78, 5) is 0. The molecule has 2 heteroatoms. The van der Waals surface area contributed by atoms with Gasteiger partial charge in [-0.05, 0) is 19.0 Å². The molecule has 0 aliphatic rings. The van der Waals surface area contributed by atoms with Crippen LogP contribution in [0.5, 0.6) is 0 Å². The molecular formula is C16H34N2. The van der Waals surface area contributed by atoms with Crippen molar-refractivity contribution in [2.75, 3.05) is 13.1 Å². The zero-order chi connectivity index (χ0) is 13.3. The number of rotatable bonds is 14. The van der Waals surface area contributed by atoms with Gasteiger partial charge in [-0.3, -0.25) is 0 Å². The van der Waals surface area contributed by atoms with E-state index in [9.17, 15) is 0 Å². The van der Waals surface area contributed by atoms with Crippen LogP contribution >= 0.6 is 0 Å². The van der Waals surface area contributed by atoms with Gasteiger partial charge in [-0.1, -0.05) is 70.8 Å². The molecule has 0 aliphatic carbocycles. The van der Waals surface area contributed by atoms with Gasteiger partial charge in [0, 0.05) is 13.1 Å². The Bertz CT molecular complexity index is 166. The van der Waals surface area contributed by atoms with Crippen LogP contribution in [-0.2, 0) is 0 Å². The highest BCUT2D eigenvalue weighted by Crippen LogP contribution is 2.11. The van der Waals surface area contributed by atoms with Gasteiger partial charge in [0.15, 0.2) is 0 Å². The summed E-state index contributed by atoms with van der Waals surface area (Å²) in [6, 6.07) is 0. The maximum absolute atomic E-state index is 5.38. The highest BCUT2D eigenvalue weighted by molar-refractivity contribution is 4.79. The minimum absolute atomic E-state index is 0.711. The molecule has 0 rings (SSSR count). The molecule has 0 heterocycles. The second-order valence-electron chi connectivity index (χ2n) is 5.12. The maximum atomic E-state index is 5.38. The predicted octanol–water partition coefficient (Wildman–Crippen LogP) is 4.36. The Kier molecular flexibility index (Phi) is 16.0. The highest BCUT2D eigenvalue weighted by Gasteiger charge is 1.91. The van der Waals surface area contributed by atoms with Gasteiger partial charge in [0.05, 0.1) is 0 Å². The van der Waals surface area contributed by atoms with Crippen molar-refractivity contribution in [3.63, 3.8) is 0 Å². The van der Waals surface area contributed by atoms with E-state index in [4.69, 9.17) is 5.73 Å². The van der Waals surface area contributed by atoms with Crippen LogP contribution in [0.25, 0.3) is 0 Å². The summed E-state index contributed by atoms with van der Waals surface area (Å²) in [7, 11) is 0. The molecule has 0 aromatic rings. The number of hydrogen-bond acceptors (Lipinski definition) is 2. The minimum Gasteiger partial charge on any atom is -0.390 e. The van der Waals surface area contributed by atoms with Gasteiger partial charge in [-0.2, -0.15) is 0 Å². The molecule has 0 saturated carbocycles. The van der Waals surface area contributed by atoms with Gasteiger partial charge in [-0.15, -0.1) is 0 Å². The number of nitrogens with two attached hydrogens (primary N) is 1. The predicted molar refractivity (Wildman–Crippen MR) is 82.7 cm³/mol. The van der Waals surface area contributed by atoms with Crippen molar-refractivity contribution >= 4 is 0 Å². The summed E-state index contributed by atoms with van der Waals surface area (Å²) < 4.78 is 0. The summed E-state index contributed by atoms with van der Waals surface area (Å²) in [5, 5.41) is 3.17. The van der Waals surface area contributed by atoms with E-state index in [1.165, 1.54) is 70.6 Å². The monoisotopic (exact) mass is 254 g/mol. The molecule has 2 nitrogen and oxygen atoms in total. The number of allylic oxidation sites excluding steroid dienone is 1. The molecule has 0 aromatic carbocycles. The molecule has 0 fully saturated rings. The van der Waals surface area contributed by atoms with E-state index in [2.05, 4.69) is 18.3 Å². The van der Waals surface area contributed by atoms with Crippen LogP contribution in [0, 0.1) is 0 Å². The largest absolute Gasteiger partial charge is 0.390 e. The lowest BCUT2D eigenvalue weighted by molar-refractivity contribution is 0.557. The number of hydrogen-bond donors (Lipinski definition) is 2. The Labute approximate surface area is 114 Å². The van der Waals surface area contributed by atoms with Crippen LogP contribution < -0.4 is 11.1 Å². The zero-order valence-electron chi connectivity index (χ0n) is 12.4. The third-order valence-corrected chi connectivity index (χ3v) is 3.25. The topological polar surface area (TPSA) is 38.0 Å². The Morgan fingerprint density at radius 2 is 1.39 bits per heavy atom. The van der Waals surface area contributed by atoms with E-state index in [1.54, 1.807) is 0 Å². The summed E-state index contributed by atoms with van der Waals surface area (Å²) in [6.45, 7) is 3.87. The zero-order valence-corrected chi connectivity index (χ0v) is 12.4. The SMILES string of the molecule is CCCCCCCCCCCCC=CNCCN. The average Bonchev–Trinajstić information content (AvgIpc) is 2.39. The second-order valence-corrected chi connectivity index (χ2v) is 5.12. The standard InChI is InChI=1S/C16H34N2/c1-2-3-4-5-6-7-8-9-10-11-12-13-15-18-16-14-17/h13,15,18H,2-12,14,16-17H2,1H3. The average molecular weight is 254 g/mol. The number of unbranched alkanes of at least 4 members (excludes halogenated alkanes) is 10. The van der Waals surface area contributed by atoms with E-state index in [0.717, 1.165) is 6.54 Å². The lowest BCUT2D eigenvalue weighted by Crippen LogP contribution is -2.16. The van der Waals surface area contributed by atoms with Crippen LogP contribution in [0.4, 0.5) is 0 Å². The third-order valence-electron chi connectivity index (χ3n) is 3.25. The van der Waals surface area contributed by atoms with Crippen LogP contribution in [0.1, 0.15) is 77.6 Å². The van der Waals surface area contributed by atoms with Crippen LogP contribution in [0.15, 0.2) is 12.3 Å². The highest BCUT2D eigenvalue weighted by atomic mass is 14.8. The molecule has 3 N–H and O–H groups in total. The molecule has 0 atom stereocenters. The first-order chi connectivity index (χ1) is 8.91. The van der Waals surface area contributed by atoms with Gasteiger partial charge < -0.3 is 11.1 Å². The van der Waals surface area contributed by atoms with Crippen LogP contribution in [-0.4, -0.2) is 13.1 Å². The first-order valence-electron chi connectivity index (χ1n) is 8.00. The number of nitrogens with one attached hydrogen (secondary N) is 1. The molecule has 0 aliphatic heterocycles. The van der Waals surface area contributed by atoms with E-state index >= 15 is 0 Å². The quantitative estimate of drug-likeness (QED) is 0.452. The second kappa shape index (κ2) is 16.5. The van der Waals surface area contributed by atoms with E-state index in [-0.39, 0.29) is 0 Å². The summed E-state index contributed by atoms with van der Waals surface area (Å²) in [5.41, 5.74) is 5.38. The molecule has 108 valence electrons. The van der Waals surface area contributed by atoms with Crippen molar-refractivity contribution in [3.05, 3.63) is 12.3 Å². The van der Waals surface area contributed by atoms with Gasteiger partial charge >= 0.3 is 0 Å². The van der Waals surface area contributed by atoms with Gasteiger partial charge in [0.25, 0.3) is 0 Å². The molecule has 0 unspecified atom stereocenters. The Morgan fingerprint density at radius 1 is 0.833 bits per heavy atom. The molecule has 18 heavy (non-hydrogen) atoms. The Morgan fingerprint density at radius 3 is 1.94 bits per heavy atom. The van der Waals surface area contributed by atoms with Crippen molar-refractivity contribution < 1.29 is 0 Å². The first kappa shape index (κ1) is 17.5. The van der Waals surface area contributed by atoms with Gasteiger partial charge in [0.1, 0.15) is 0 Å². The Hall–Kier alpha value is -0.500. The van der Waals surface area contributed by atoms with Crippen molar-refractivity contribution in [1.29, 1.82) is 0 Å². The van der Waals surface area contributed by atoms with Crippen molar-refractivity contribution in [2.24, 2.45) is 5.73 Å². The fraction of sp³-hybridized carbons (Fsp3) is 0.875. The summed E-state index contributed by atoms with van der Waals surface area (Å²) >= 11 is 0. The summed E-state index contributed by atoms with van der Waals surface area (Å²) in [5.74, 6) is 0. The smallest absolute Gasteiger partial charge is 0.0264 e. The van der Waals surface area contributed by atoms with E-state index < -0.39 is 0 Å².